The fourth-order valence-electron chi connectivity index (χ4n) is 2.98. The normalized spacial score (nSPS) is 10.2. The van der Waals surface area contributed by atoms with Gasteiger partial charge in [0.2, 0.25) is 0 Å². The third-order valence-electron chi connectivity index (χ3n) is 4.39. The number of hydrogen-bond acceptors (Lipinski definition) is 0. The summed E-state index contributed by atoms with van der Waals surface area (Å²) in [5.74, 6) is 0. The molecule has 0 atom stereocenters. The van der Waals surface area contributed by atoms with Crippen molar-refractivity contribution >= 4 is 35.8 Å². The molecule has 4 heteroatoms. The minimum absolute atomic E-state index is 0. The van der Waals surface area contributed by atoms with E-state index in [2.05, 4.69) is 91.9 Å². The third kappa shape index (κ3) is 7.34. The van der Waals surface area contributed by atoms with E-state index in [9.17, 15) is 0 Å². The van der Waals surface area contributed by atoms with Crippen LogP contribution in [0.1, 0.15) is 6.92 Å². The van der Waals surface area contributed by atoms with E-state index in [0.717, 1.165) is 0 Å². The van der Waals surface area contributed by atoms with Crippen LogP contribution >= 0.6 is 14.6 Å². The van der Waals surface area contributed by atoms with Gasteiger partial charge in [0.1, 0.15) is 0 Å². The van der Waals surface area contributed by atoms with Crippen molar-refractivity contribution in [3.8, 4) is 0 Å². The number of benzene rings is 4. The van der Waals surface area contributed by atoms with E-state index < -0.39 is 6.70 Å². The first-order chi connectivity index (χ1) is 14.3. The Kier molecular flexibility index (Phi) is 11.4. The Morgan fingerprint density at radius 3 is 1.03 bits per heavy atom. The summed E-state index contributed by atoms with van der Waals surface area (Å²) in [4.78, 5) is 0. The van der Waals surface area contributed by atoms with Crippen LogP contribution in [0, 0.1) is 0 Å². The van der Waals surface area contributed by atoms with Crippen LogP contribution in [0.25, 0.3) is 0 Å². The maximum absolute atomic E-state index is 5.21. The van der Waals surface area contributed by atoms with Crippen LogP contribution in [0.2, 0.25) is 0 Å². The molecule has 0 aliphatic heterocycles. The molecule has 156 valence electrons. The van der Waals surface area contributed by atoms with Crippen LogP contribution < -0.4 is 33.6 Å². The van der Waals surface area contributed by atoms with Crippen molar-refractivity contribution in [3.63, 3.8) is 0 Å². The fraction of sp³-hybridized carbons (Fsp3) is 0.0769. The van der Waals surface area contributed by atoms with E-state index in [4.69, 9.17) is 15.0 Å². The molecule has 0 heterocycles. The van der Waals surface area contributed by atoms with Gasteiger partial charge < -0.3 is 12.4 Å². The minimum atomic E-state index is -0.546. The van der Waals surface area contributed by atoms with Gasteiger partial charge in [-0.1, -0.05) is 67.6 Å². The van der Waals surface area contributed by atoms with Gasteiger partial charge in [0.05, 0.1) is 0 Å². The summed E-state index contributed by atoms with van der Waals surface area (Å²) in [6.45, 7) is 1.72. The molecule has 0 spiro atoms. The molecule has 0 unspecified atom stereocenters. The predicted octanol–water partition coefficient (Wildman–Crippen LogP) is 2.72. The van der Waals surface area contributed by atoms with Gasteiger partial charge in [-0.25, -0.2) is 0 Å². The van der Waals surface area contributed by atoms with Crippen molar-refractivity contribution < 1.29 is 27.4 Å². The molecule has 0 bridgehead atoms. The van der Waals surface area contributed by atoms with Crippen molar-refractivity contribution in [1.82, 2.24) is 0 Å². The predicted molar refractivity (Wildman–Crippen MR) is 129 cm³/mol. The number of hydrogen-bond donors (Lipinski definition) is 0. The zero-order valence-corrected chi connectivity index (χ0v) is 20.4. The van der Waals surface area contributed by atoms with E-state index in [1.54, 1.807) is 0 Å². The van der Waals surface area contributed by atoms with Crippen molar-refractivity contribution in [2.24, 2.45) is 0 Å². The van der Waals surface area contributed by atoms with E-state index in [1.165, 1.54) is 27.4 Å². The molecular weight excluding hydrogens is 468 g/mol. The molecular formula is C26H25ClNiP2. The Morgan fingerprint density at radius 2 is 0.767 bits per heavy atom. The van der Waals surface area contributed by atoms with Crippen LogP contribution in [0.5, 0.6) is 0 Å². The molecule has 0 saturated heterocycles. The van der Waals surface area contributed by atoms with Crippen molar-refractivity contribution in [1.29, 1.82) is 0 Å². The van der Waals surface area contributed by atoms with E-state index in [0.29, 0.717) is 0 Å². The van der Waals surface area contributed by atoms with Crippen molar-refractivity contribution in [3.05, 3.63) is 121 Å². The Morgan fingerprint density at radius 1 is 0.500 bits per heavy atom. The topological polar surface area (TPSA) is 0 Å². The second kappa shape index (κ2) is 13.8. The van der Waals surface area contributed by atoms with Crippen LogP contribution in [0.15, 0.2) is 121 Å². The second-order valence-electron chi connectivity index (χ2n) is 6.34. The molecule has 4 rings (SSSR count). The van der Waals surface area contributed by atoms with Gasteiger partial charge in [-0.05, 0) is 24.7 Å². The first-order valence-corrected chi connectivity index (χ1v) is 13.7. The Labute approximate surface area is 197 Å². The molecule has 0 amide bonds. The van der Waals surface area contributed by atoms with Gasteiger partial charge in [-0.15, -0.1) is 0 Å². The fourth-order valence-corrected chi connectivity index (χ4v) is 7.08. The van der Waals surface area contributed by atoms with Gasteiger partial charge in [0, 0.05) is 0 Å². The summed E-state index contributed by atoms with van der Waals surface area (Å²) in [6, 6.07) is 42.3. The molecule has 0 nitrogen and oxygen atoms in total. The zero-order valence-electron chi connectivity index (χ0n) is 16.8. The van der Waals surface area contributed by atoms with E-state index in [-0.39, 0.29) is 20.3 Å². The molecule has 0 aliphatic carbocycles. The summed E-state index contributed by atoms with van der Waals surface area (Å²) in [5, 5.41) is 5.49. The van der Waals surface area contributed by atoms with Crippen molar-refractivity contribution in [2.75, 3.05) is 6.16 Å². The molecule has 0 aliphatic rings. The third-order valence-corrected chi connectivity index (χ3v) is 9.83. The molecule has 30 heavy (non-hydrogen) atoms. The van der Waals surface area contributed by atoms with Crippen LogP contribution in [0.4, 0.5) is 0 Å². The Bertz CT molecular complexity index is 872. The first kappa shape index (κ1) is 24.8. The molecule has 0 saturated carbocycles. The number of rotatable bonds is 5. The van der Waals surface area contributed by atoms with Gasteiger partial charge in [-0.2, -0.15) is 0 Å². The van der Waals surface area contributed by atoms with E-state index in [1.807, 2.05) is 36.4 Å². The average Bonchev–Trinajstić information content (AvgIpc) is 2.82. The number of halogens is 1. The maximum atomic E-state index is 5.21. The van der Waals surface area contributed by atoms with Gasteiger partial charge in [0.15, 0.2) is 0 Å². The summed E-state index contributed by atoms with van der Waals surface area (Å²) in [6.07, 6.45) is 1.21. The molecule has 0 radical (unpaired) electrons. The van der Waals surface area contributed by atoms with Crippen molar-refractivity contribution in [2.45, 2.75) is 6.92 Å². The SMILES string of the molecule is CCP(c1ccccc1)c1ccccc1.[Cl-].[Ni+][P](c1ccccc1)c1ccccc1. The molecule has 4 aromatic rings. The average molecular weight is 494 g/mol. The summed E-state index contributed by atoms with van der Waals surface area (Å²) in [7, 11) is -0.149. The summed E-state index contributed by atoms with van der Waals surface area (Å²) >= 11 is 5.21. The Hall–Kier alpha value is -1.48. The van der Waals surface area contributed by atoms with E-state index >= 15 is 0 Å². The zero-order chi connectivity index (χ0) is 20.3. The monoisotopic (exact) mass is 492 g/mol. The van der Waals surface area contributed by atoms with Gasteiger partial charge >= 0.3 is 93.0 Å². The first-order valence-electron chi connectivity index (χ1n) is 9.70. The Balaban J connectivity index is 0.000000207. The molecule has 0 aromatic heterocycles. The van der Waals surface area contributed by atoms with Crippen LogP contribution in [-0.2, 0) is 15.0 Å². The van der Waals surface area contributed by atoms with Gasteiger partial charge in [0.25, 0.3) is 0 Å². The molecule has 0 fully saturated rings. The quantitative estimate of drug-likeness (QED) is 0.296. The standard InChI is InChI=1S/C14H15P.C12H10P.ClH.Ni/c1-2-15(13-9-5-3-6-10-13)14-11-7-4-8-12-14;1-3-7-11(8-4-1)13-12-9-5-2-6-10-12;;/h3-12H,2H2,1H3;1-10H;1H;/q;-1;;+2/p-1. The molecule has 0 N–H and O–H groups in total. The van der Waals surface area contributed by atoms with Crippen LogP contribution in [-0.4, -0.2) is 6.16 Å². The summed E-state index contributed by atoms with van der Waals surface area (Å²) in [5.41, 5.74) is 0. The van der Waals surface area contributed by atoms with Crippen LogP contribution in [0.3, 0.4) is 0 Å². The summed E-state index contributed by atoms with van der Waals surface area (Å²) < 4.78 is 0. The van der Waals surface area contributed by atoms with Gasteiger partial charge in [-0.3, -0.25) is 0 Å². The second-order valence-corrected chi connectivity index (χ2v) is 11.7. The molecule has 4 aromatic carbocycles.